The second-order valence-corrected chi connectivity index (χ2v) is 7.63. The van der Waals surface area contributed by atoms with Gasteiger partial charge in [-0.1, -0.05) is 49.5 Å². The number of carbonyl (C=O) groups excluding carboxylic acids is 2. The molecular formula is C26H16N8O4. The van der Waals surface area contributed by atoms with Crippen molar-refractivity contribution in [2.45, 2.75) is 0 Å². The van der Waals surface area contributed by atoms with Gasteiger partial charge in [0.25, 0.3) is 11.6 Å². The number of benzene rings is 2. The number of esters is 2. The molecule has 12 heteroatoms. The first kappa shape index (κ1) is 23.8. The summed E-state index contributed by atoms with van der Waals surface area (Å²) in [7, 11) is 2.31. The summed E-state index contributed by atoms with van der Waals surface area (Å²) in [6.07, 6.45) is 0. The fourth-order valence-electron chi connectivity index (χ4n) is 3.89. The maximum atomic E-state index is 12.7. The lowest BCUT2D eigenvalue weighted by molar-refractivity contribution is 0.0544. The topological polar surface area (TPSA) is 119 Å². The Morgan fingerprint density at radius 3 is 1.29 bits per heavy atom. The maximum Gasteiger partial charge on any atom is 0.359 e. The van der Waals surface area contributed by atoms with Crippen molar-refractivity contribution in [3.63, 3.8) is 0 Å². The van der Waals surface area contributed by atoms with Gasteiger partial charge in [-0.2, -0.15) is 0 Å². The Balaban J connectivity index is 1.94. The number of anilines is 6. The van der Waals surface area contributed by atoms with E-state index in [1.165, 1.54) is 0 Å². The van der Waals surface area contributed by atoms with Crippen molar-refractivity contribution < 1.29 is 19.1 Å². The number of aromatic nitrogens is 4. The van der Waals surface area contributed by atoms with E-state index < -0.39 is 11.9 Å². The minimum absolute atomic E-state index is 0.112. The Hall–Kier alpha value is -5.88. The minimum atomic E-state index is -0.901. The molecule has 0 amide bonds. The molecule has 0 N–H and O–H groups in total. The van der Waals surface area contributed by atoms with E-state index in [0.717, 1.165) is 14.2 Å². The zero-order valence-corrected chi connectivity index (χ0v) is 20.0. The number of ether oxygens (including phenoxy) is 2. The number of para-hydroxylation sites is 2. The van der Waals surface area contributed by atoms with Crippen LogP contribution in [0.1, 0.15) is 21.0 Å². The Morgan fingerprint density at radius 1 is 0.632 bits per heavy atom. The molecular weight excluding hydrogens is 488 g/mol. The second-order valence-electron chi connectivity index (χ2n) is 7.63. The van der Waals surface area contributed by atoms with Crippen molar-refractivity contribution in [1.29, 1.82) is 0 Å². The van der Waals surface area contributed by atoms with Crippen LogP contribution in [-0.4, -0.2) is 46.1 Å². The van der Waals surface area contributed by atoms with Crippen LogP contribution in [-0.2, 0) is 9.47 Å². The number of rotatable bonds is 4. The molecule has 5 rings (SSSR count). The maximum absolute atomic E-state index is 12.7. The monoisotopic (exact) mass is 504 g/mol. The van der Waals surface area contributed by atoms with Crippen molar-refractivity contribution in [2.24, 2.45) is 0 Å². The van der Waals surface area contributed by atoms with Crippen LogP contribution < -0.4 is 9.80 Å². The Bertz CT molecular complexity index is 1540. The quantitative estimate of drug-likeness (QED) is 0.239. The van der Waals surface area contributed by atoms with Crippen LogP contribution in [0.4, 0.5) is 46.3 Å². The summed E-state index contributed by atoms with van der Waals surface area (Å²) in [6, 6.07) is 17.8. The van der Waals surface area contributed by atoms with Crippen LogP contribution >= 0.6 is 0 Å². The van der Waals surface area contributed by atoms with E-state index in [2.05, 4.69) is 29.6 Å². The zero-order valence-electron chi connectivity index (χ0n) is 20.0. The second kappa shape index (κ2) is 9.64. The SMILES string of the molecule is [C-]#[N+]c1nc2c(nc1[N+]#[C-])N(c1ccccc1)c1nc(C(=O)OC)c(C(=O)OC)nc1N2c1ccccc1. The van der Waals surface area contributed by atoms with E-state index in [1.807, 2.05) is 12.1 Å². The average molecular weight is 504 g/mol. The summed E-state index contributed by atoms with van der Waals surface area (Å²) < 4.78 is 9.74. The molecule has 0 saturated carbocycles. The zero-order chi connectivity index (χ0) is 26.8. The first-order valence-corrected chi connectivity index (χ1v) is 11.0. The highest BCUT2D eigenvalue weighted by molar-refractivity contribution is 6.04. The molecule has 2 aromatic heterocycles. The van der Waals surface area contributed by atoms with Crippen molar-refractivity contribution in [3.05, 3.63) is 94.9 Å². The smallest absolute Gasteiger partial charge is 0.359 e. The molecule has 1 aliphatic rings. The third-order valence-electron chi connectivity index (χ3n) is 5.53. The van der Waals surface area contributed by atoms with Crippen molar-refractivity contribution in [2.75, 3.05) is 24.0 Å². The van der Waals surface area contributed by atoms with Crippen LogP contribution in [0.2, 0.25) is 0 Å². The van der Waals surface area contributed by atoms with Gasteiger partial charge >= 0.3 is 23.6 Å². The molecule has 38 heavy (non-hydrogen) atoms. The van der Waals surface area contributed by atoms with Gasteiger partial charge < -0.3 is 19.2 Å². The number of carbonyl (C=O) groups is 2. The van der Waals surface area contributed by atoms with E-state index in [0.29, 0.717) is 11.4 Å². The average Bonchev–Trinajstić information content (AvgIpc) is 2.98. The molecule has 0 aliphatic carbocycles. The Labute approximate surface area is 216 Å². The molecule has 0 unspecified atom stereocenters. The number of fused-ring (bicyclic) bond motifs is 2. The van der Waals surface area contributed by atoms with E-state index >= 15 is 0 Å². The van der Waals surface area contributed by atoms with Crippen molar-refractivity contribution in [1.82, 2.24) is 19.9 Å². The first-order chi connectivity index (χ1) is 18.5. The third kappa shape index (κ3) is 3.79. The molecule has 4 aromatic rings. The van der Waals surface area contributed by atoms with Gasteiger partial charge in [0.2, 0.25) is 0 Å². The fourth-order valence-corrected chi connectivity index (χ4v) is 3.89. The first-order valence-electron chi connectivity index (χ1n) is 11.0. The van der Waals surface area contributed by atoms with Crippen molar-refractivity contribution >= 4 is 58.2 Å². The van der Waals surface area contributed by atoms with Gasteiger partial charge in [-0.15, -0.1) is 9.97 Å². The predicted molar refractivity (Wildman–Crippen MR) is 136 cm³/mol. The van der Waals surface area contributed by atoms with Gasteiger partial charge in [-0.05, 0) is 24.3 Å². The van der Waals surface area contributed by atoms with Crippen molar-refractivity contribution in [3.8, 4) is 0 Å². The largest absolute Gasteiger partial charge is 0.464 e. The molecule has 0 radical (unpaired) electrons. The number of hydrogen-bond acceptors (Lipinski definition) is 10. The summed E-state index contributed by atoms with van der Waals surface area (Å²) in [4.78, 5) is 53.3. The van der Waals surface area contributed by atoms with Crippen LogP contribution in [0.15, 0.2) is 60.7 Å². The summed E-state index contributed by atoms with van der Waals surface area (Å²) in [5, 5.41) is 0. The molecule has 0 atom stereocenters. The van der Waals surface area contributed by atoms with Gasteiger partial charge in [0, 0.05) is 0 Å². The fraction of sp³-hybridized carbons (Fsp3) is 0.0769. The molecule has 184 valence electrons. The van der Waals surface area contributed by atoms with Gasteiger partial charge in [0.1, 0.15) is 0 Å². The normalized spacial score (nSPS) is 11.5. The van der Waals surface area contributed by atoms with Crippen LogP contribution in [0.3, 0.4) is 0 Å². The number of hydrogen-bond donors (Lipinski definition) is 0. The predicted octanol–water partition coefficient (Wildman–Crippen LogP) is 5.19. The summed E-state index contributed by atoms with van der Waals surface area (Å²) in [5.74, 6) is -1.65. The molecule has 0 fully saturated rings. The van der Waals surface area contributed by atoms with Gasteiger partial charge in [0.05, 0.1) is 25.6 Å². The highest BCUT2D eigenvalue weighted by Gasteiger charge is 2.43. The number of nitrogens with zero attached hydrogens (tertiary/aromatic N) is 8. The summed E-state index contributed by atoms with van der Waals surface area (Å²) in [6.45, 7) is 15.1. The number of methoxy groups -OCH3 is 2. The van der Waals surface area contributed by atoms with Crippen LogP contribution in [0.25, 0.3) is 9.69 Å². The molecule has 0 spiro atoms. The minimum Gasteiger partial charge on any atom is -0.464 e. The Morgan fingerprint density at radius 2 is 0.974 bits per heavy atom. The highest BCUT2D eigenvalue weighted by atomic mass is 16.5. The van der Waals surface area contributed by atoms with Crippen LogP contribution in [0, 0.1) is 13.1 Å². The standard InChI is InChI=1S/C26H16N8O4/c1-27-19-20(28-2)32-24-23(31-19)33(15-11-7-5-8-12-15)21-22(34(24)16-13-9-6-10-14-16)30-18(26(36)38-4)17(29-21)25(35)37-3/h5-14H,3-4H3. The van der Waals surface area contributed by atoms with Gasteiger partial charge in [0.15, 0.2) is 23.0 Å². The Kier molecular flexibility index (Phi) is 6.05. The van der Waals surface area contributed by atoms with E-state index in [4.69, 9.17) is 22.6 Å². The summed E-state index contributed by atoms with van der Waals surface area (Å²) >= 11 is 0. The van der Waals surface area contributed by atoms with Gasteiger partial charge in [-0.3, -0.25) is 9.80 Å². The summed E-state index contributed by atoms with van der Waals surface area (Å²) in [5.41, 5.74) is 0.372. The lowest BCUT2D eigenvalue weighted by atomic mass is 10.2. The van der Waals surface area contributed by atoms with E-state index in [1.54, 1.807) is 58.3 Å². The molecule has 12 nitrogen and oxygen atoms in total. The lowest BCUT2D eigenvalue weighted by Crippen LogP contribution is -2.30. The molecule has 1 aliphatic heterocycles. The van der Waals surface area contributed by atoms with Crippen LogP contribution in [0.5, 0.6) is 0 Å². The lowest BCUT2D eigenvalue weighted by Gasteiger charge is -2.33. The molecule has 0 saturated heterocycles. The van der Waals surface area contributed by atoms with Gasteiger partial charge in [-0.25, -0.2) is 19.6 Å². The molecule has 2 aromatic carbocycles. The van der Waals surface area contributed by atoms with E-state index in [9.17, 15) is 9.59 Å². The van der Waals surface area contributed by atoms with E-state index in [-0.39, 0.29) is 46.3 Å². The molecule has 0 bridgehead atoms. The third-order valence-corrected chi connectivity index (χ3v) is 5.53. The highest BCUT2D eigenvalue weighted by Crippen LogP contribution is 2.52. The molecule has 3 heterocycles.